The average molecular weight is 370 g/mol. The first-order chi connectivity index (χ1) is 12.7. The van der Waals surface area contributed by atoms with Crippen molar-refractivity contribution in [1.82, 2.24) is 20.5 Å². The van der Waals surface area contributed by atoms with Crippen LogP contribution in [0.25, 0.3) is 10.6 Å². The third-order valence-corrected chi connectivity index (χ3v) is 6.20. The van der Waals surface area contributed by atoms with Crippen LogP contribution < -0.4 is 10.6 Å². The summed E-state index contributed by atoms with van der Waals surface area (Å²) in [6.45, 7) is 5.35. The van der Waals surface area contributed by atoms with Crippen molar-refractivity contribution in [3.63, 3.8) is 0 Å². The molecule has 1 aliphatic carbocycles. The maximum atomic E-state index is 4.74. The molecule has 0 amide bonds. The second kappa shape index (κ2) is 7.76. The topological polar surface area (TPSA) is 52.6 Å². The summed E-state index contributed by atoms with van der Waals surface area (Å²) in [5, 5.41) is 10.2. The molecule has 1 saturated carbocycles. The molecule has 2 heterocycles. The Kier molecular flexibility index (Phi) is 5.22. The van der Waals surface area contributed by atoms with Gasteiger partial charge in [0.25, 0.3) is 0 Å². The molecule has 0 bridgehead atoms. The van der Waals surface area contributed by atoms with Gasteiger partial charge in [0.2, 0.25) is 0 Å². The van der Waals surface area contributed by atoms with Gasteiger partial charge in [-0.05, 0) is 18.8 Å². The smallest absolute Gasteiger partial charge is 0.191 e. The van der Waals surface area contributed by atoms with Gasteiger partial charge in [0.05, 0.1) is 12.2 Å². The fourth-order valence-electron chi connectivity index (χ4n) is 3.58. The quantitative estimate of drug-likeness (QED) is 0.628. The van der Waals surface area contributed by atoms with E-state index in [1.54, 1.807) is 11.3 Å². The lowest BCUT2D eigenvalue weighted by molar-refractivity contribution is 0.315. The minimum atomic E-state index is 0.470. The number of nitrogens with one attached hydrogen (secondary N) is 2. The number of aromatic nitrogens is 1. The number of likely N-dealkylation sites (tertiary alicyclic amines) is 1. The van der Waals surface area contributed by atoms with Crippen LogP contribution in [-0.2, 0) is 6.54 Å². The summed E-state index contributed by atoms with van der Waals surface area (Å²) in [6.07, 6.45) is 2.75. The third kappa shape index (κ3) is 4.07. The molecule has 0 spiro atoms. The molecule has 5 nitrogen and oxygen atoms in total. The molecule has 1 saturated heterocycles. The molecule has 1 aliphatic heterocycles. The lowest BCUT2D eigenvalue weighted by atomic mass is 10.1. The predicted molar refractivity (Wildman–Crippen MR) is 108 cm³/mol. The molecule has 2 N–H and O–H groups in total. The number of hydrogen-bond donors (Lipinski definition) is 2. The number of thiazole rings is 1. The van der Waals surface area contributed by atoms with Crippen molar-refractivity contribution in [1.29, 1.82) is 0 Å². The fourth-order valence-corrected chi connectivity index (χ4v) is 4.40. The summed E-state index contributed by atoms with van der Waals surface area (Å²) >= 11 is 1.69. The van der Waals surface area contributed by atoms with Gasteiger partial charge in [-0.25, -0.2) is 4.98 Å². The van der Waals surface area contributed by atoms with Gasteiger partial charge >= 0.3 is 0 Å². The zero-order valence-corrected chi connectivity index (χ0v) is 16.3. The van der Waals surface area contributed by atoms with E-state index in [0.717, 1.165) is 29.2 Å². The lowest BCUT2D eigenvalue weighted by Gasteiger charge is -2.20. The minimum absolute atomic E-state index is 0.470. The Bertz CT molecular complexity index is 753. The molecule has 2 fully saturated rings. The molecule has 26 heavy (non-hydrogen) atoms. The van der Waals surface area contributed by atoms with Crippen molar-refractivity contribution >= 4 is 17.3 Å². The van der Waals surface area contributed by atoms with E-state index in [1.165, 1.54) is 24.9 Å². The third-order valence-electron chi connectivity index (χ3n) is 5.26. The molecule has 138 valence electrons. The Hall–Kier alpha value is -1.92. The molecule has 1 aromatic carbocycles. The summed E-state index contributed by atoms with van der Waals surface area (Å²) in [6, 6.07) is 11.6. The van der Waals surface area contributed by atoms with E-state index in [0.29, 0.717) is 18.5 Å². The SMILES string of the molecule is CN=C(NCc1csc(-c2ccccc2)n1)NC1CN(C2CC2)CC1C. The van der Waals surface area contributed by atoms with E-state index < -0.39 is 0 Å². The largest absolute Gasteiger partial charge is 0.352 e. The highest BCUT2D eigenvalue weighted by Gasteiger charge is 2.38. The van der Waals surface area contributed by atoms with Crippen molar-refractivity contribution in [2.45, 2.75) is 38.4 Å². The van der Waals surface area contributed by atoms with Crippen LogP contribution in [0.15, 0.2) is 40.7 Å². The first-order valence-electron chi connectivity index (χ1n) is 9.44. The Labute approximate surface area is 159 Å². The van der Waals surface area contributed by atoms with Gasteiger partial charge in [0.15, 0.2) is 5.96 Å². The standard InChI is InChI=1S/C20H27N5S/c1-14-11-25(17-8-9-17)12-18(14)24-20(21-2)22-10-16-13-26-19(23-16)15-6-4-3-5-7-15/h3-7,13-14,17-18H,8-12H2,1-2H3,(H2,21,22,24). The van der Waals surface area contributed by atoms with Crippen LogP contribution >= 0.6 is 11.3 Å². The summed E-state index contributed by atoms with van der Waals surface area (Å²) in [5.41, 5.74) is 2.22. The van der Waals surface area contributed by atoms with E-state index in [4.69, 9.17) is 4.98 Å². The first-order valence-corrected chi connectivity index (χ1v) is 10.3. The Morgan fingerprint density at radius 2 is 2.08 bits per heavy atom. The van der Waals surface area contributed by atoms with Crippen LogP contribution in [0.1, 0.15) is 25.5 Å². The molecule has 2 atom stereocenters. The number of rotatable bonds is 5. The van der Waals surface area contributed by atoms with E-state index >= 15 is 0 Å². The highest BCUT2D eigenvalue weighted by molar-refractivity contribution is 7.13. The van der Waals surface area contributed by atoms with Crippen molar-refractivity contribution in [2.24, 2.45) is 10.9 Å². The van der Waals surface area contributed by atoms with Crippen molar-refractivity contribution in [3.8, 4) is 10.6 Å². The maximum Gasteiger partial charge on any atom is 0.191 e. The first kappa shape index (κ1) is 17.5. The van der Waals surface area contributed by atoms with Gasteiger partial charge in [-0.1, -0.05) is 37.3 Å². The van der Waals surface area contributed by atoms with E-state index in [2.05, 4.69) is 45.0 Å². The van der Waals surface area contributed by atoms with Gasteiger partial charge in [-0.2, -0.15) is 0 Å². The van der Waals surface area contributed by atoms with Crippen LogP contribution in [0.4, 0.5) is 0 Å². The normalized spacial score (nSPS) is 24.0. The highest BCUT2D eigenvalue weighted by Crippen LogP contribution is 2.31. The summed E-state index contributed by atoms with van der Waals surface area (Å²) in [7, 11) is 1.84. The minimum Gasteiger partial charge on any atom is -0.352 e. The van der Waals surface area contributed by atoms with Crippen molar-refractivity contribution in [3.05, 3.63) is 41.4 Å². The lowest BCUT2D eigenvalue weighted by Crippen LogP contribution is -2.46. The zero-order chi connectivity index (χ0) is 17.9. The summed E-state index contributed by atoms with van der Waals surface area (Å²) < 4.78 is 0. The van der Waals surface area contributed by atoms with Gasteiger partial charge in [0, 0.05) is 43.2 Å². The van der Waals surface area contributed by atoms with E-state index in [1.807, 2.05) is 25.2 Å². The summed E-state index contributed by atoms with van der Waals surface area (Å²) in [5.74, 6) is 1.52. The molecule has 0 radical (unpaired) electrons. The van der Waals surface area contributed by atoms with Gasteiger partial charge in [-0.3, -0.25) is 9.89 Å². The molecular weight excluding hydrogens is 342 g/mol. The van der Waals surface area contributed by atoms with Crippen LogP contribution in [0.3, 0.4) is 0 Å². The fraction of sp³-hybridized carbons (Fsp3) is 0.500. The molecular formula is C20H27N5S. The molecule has 6 heteroatoms. The van der Waals surface area contributed by atoms with Gasteiger partial charge < -0.3 is 10.6 Å². The van der Waals surface area contributed by atoms with Crippen molar-refractivity contribution in [2.75, 3.05) is 20.1 Å². The van der Waals surface area contributed by atoms with Crippen molar-refractivity contribution < 1.29 is 0 Å². The maximum absolute atomic E-state index is 4.74. The molecule has 1 aromatic heterocycles. The zero-order valence-electron chi connectivity index (χ0n) is 15.5. The Balaban J connectivity index is 1.31. The van der Waals surface area contributed by atoms with E-state index in [-0.39, 0.29) is 0 Å². The van der Waals surface area contributed by atoms with Crippen LogP contribution in [-0.4, -0.2) is 48.1 Å². The van der Waals surface area contributed by atoms with E-state index in [9.17, 15) is 0 Å². The number of hydrogen-bond acceptors (Lipinski definition) is 4. The molecule has 2 aromatic rings. The monoisotopic (exact) mass is 369 g/mol. The number of nitrogens with zero attached hydrogens (tertiary/aromatic N) is 3. The number of aliphatic imine (C=N–C) groups is 1. The van der Waals surface area contributed by atoms with Gasteiger partial charge in [0.1, 0.15) is 5.01 Å². The van der Waals surface area contributed by atoms with Crippen LogP contribution in [0.5, 0.6) is 0 Å². The second-order valence-electron chi connectivity index (χ2n) is 7.35. The Morgan fingerprint density at radius 3 is 2.81 bits per heavy atom. The van der Waals surface area contributed by atoms with Crippen LogP contribution in [0, 0.1) is 5.92 Å². The van der Waals surface area contributed by atoms with Crippen LogP contribution in [0.2, 0.25) is 0 Å². The predicted octanol–water partition coefficient (Wildman–Crippen LogP) is 2.96. The number of benzene rings is 1. The van der Waals surface area contributed by atoms with Gasteiger partial charge in [-0.15, -0.1) is 11.3 Å². The average Bonchev–Trinajstić information content (AvgIpc) is 3.30. The summed E-state index contributed by atoms with van der Waals surface area (Å²) in [4.78, 5) is 11.8. The number of guanidine groups is 1. The molecule has 4 rings (SSSR count). The Morgan fingerprint density at radius 1 is 1.27 bits per heavy atom. The highest BCUT2D eigenvalue weighted by atomic mass is 32.1. The second-order valence-corrected chi connectivity index (χ2v) is 8.21. The molecule has 2 aliphatic rings. The molecule has 2 unspecified atom stereocenters.